The summed E-state index contributed by atoms with van der Waals surface area (Å²) in [4.78, 5) is 35.5. The number of aliphatic carboxylic acids is 1. The van der Waals surface area contributed by atoms with E-state index in [4.69, 9.17) is 19.1 Å². The SMILES string of the molecule is Cc1cc(OCC(=O)O)ccc1-c1cccc(COc2ccc(Cn3oc(=O)[nH]c3=O)cc2)c1C. The second-order valence-corrected chi connectivity index (χ2v) is 8.03. The van der Waals surface area contributed by atoms with Crippen molar-refractivity contribution in [1.82, 2.24) is 9.72 Å². The van der Waals surface area contributed by atoms with Crippen molar-refractivity contribution in [3.05, 3.63) is 104 Å². The minimum atomic E-state index is -1.02. The number of carbonyl (C=O) groups is 1. The summed E-state index contributed by atoms with van der Waals surface area (Å²) in [6.45, 7) is 4.11. The molecular formula is C26H24N2O7. The summed E-state index contributed by atoms with van der Waals surface area (Å²) in [5.74, 6) is -0.630. The van der Waals surface area contributed by atoms with Crippen molar-refractivity contribution in [3.63, 3.8) is 0 Å². The van der Waals surface area contributed by atoms with E-state index in [0.717, 1.165) is 38.1 Å². The summed E-state index contributed by atoms with van der Waals surface area (Å²) in [6, 6.07) is 18.7. The van der Waals surface area contributed by atoms with Crippen LogP contribution in [-0.2, 0) is 17.9 Å². The summed E-state index contributed by atoms with van der Waals surface area (Å²) in [7, 11) is 0. The van der Waals surface area contributed by atoms with Gasteiger partial charge in [-0.3, -0.25) is 0 Å². The Morgan fingerprint density at radius 2 is 1.71 bits per heavy atom. The summed E-state index contributed by atoms with van der Waals surface area (Å²) in [6.07, 6.45) is 0. The van der Waals surface area contributed by atoms with Crippen LogP contribution in [0.1, 0.15) is 22.3 Å². The molecule has 0 radical (unpaired) electrons. The lowest BCUT2D eigenvalue weighted by molar-refractivity contribution is -0.139. The molecule has 0 aliphatic rings. The lowest BCUT2D eigenvalue weighted by atomic mass is 9.94. The molecule has 9 nitrogen and oxygen atoms in total. The minimum absolute atomic E-state index is 0.137. The quantitative estimate of drug-likeness (QED) is 0.379. The van der Waals surface area contributed by atoms with Crippen molar-refractivity contribution in [2.45, 2.75) is 27.0 Å². The average molecular weight is 476 g/mol. The van der Waals surface area contributed by atoms with Crippen molar-refractivity contribution in [1.29, 1.82) is 0 Å². The van der Waals surface area contributed by atoms with Gasteiger partial charge in [-0.25, -0.2) is 19.4 Å². The summed E-state index contributed by atoms with van der Waals surface area (Å²) >= 11 is 0. The Bertz CT molecular complexity index is 1460. The predicted molar refractivity (Wildman–Crippen MR) is 128 cm³/mol. The van der Waals surface area contributed by atoms with E-state index in [1.54, 1.807) is 30.3 Å². The van der Waals surface area contributed by atoms with Gasteiger partial charge >= 0.3 is 17.4 Å². The number of benzene rings is 3. The van der Waals surface area contributed by atoms with Gasteiger partial charge in [0.1, 0.15) is 18.1 Å². The first-order valence-corrected chi connectivity index (χ1v) is 10.9. The lowest BCUT2D eigenvalue weighted by Gasteiger charge is -2.15. The van der Waals surface area contributed by atoms with E-state index in [1.807, 2.05) is 49.2 Å². The van der Waals surface area contributed by atoms with E-state index in [9.17, 15) is 14.4 Å². The molecule has 4 aromatic rings. The largest absolute Gasteiger partial charge is 0.489 e. The molecule has 0 fully saturated rings. The highest BCUT2D eigenvalue weighted by molar-refractivity contribution is 5.72. The summed E-state index contributed by atoms with van der Waals surface area (Å²) in [5, 5.41) is 8.80. The van der Waals surface area contributed by atoms with Gasteiger partial charge in [-0.15, -0.1) is 4.74 Å². The first-order valence-electron chi connectivity index (χ1n) is 10.9. The van der Waals surface area contributed by atoms with E-state index < -0.39 is 17.4 Å². The molecule has 0 spiro atoms. The number of carboxylic acids is 1. The Kier molecular flexibility index (Phi) is 6.86. The highest BCUT2D eigenvalue weighted by Crippen LogP contribution is 2.31. The molecule has 9 heteroatoms. The maximum Gasteiger partial charge on any atom is 0.440 e. The number of aryl methyl sites for hydroxylation is 1. The normalized spacial score (nSPS) is 10.8. The fourth-order valence-electron chi connectivity index (χ4n) is 3.74. The molecular weight excluding hydrogens is 452 g/mol. The zero-order chi connectivity index (χ0) is 24.9. The van der Waals surface area contributed by atoms with Gasteiger partial charge in [0.15, 0.2) is 6.61 Å². The van der Waals surface area contributed by atoms with Crippen molar-refractivity contribution < 1.29 is 23.9 Å². The van der Waals surface area contributed by atoms with E-state index in [2.05, 4.69) is 0 Å². The Morgan fingerprint density at radius 1 is 0.971 bits per heavy atom. The molecule has 2 N–H and O–H groups in total. The molecule has 0 aliphatic carbocycles. The molecule has 4 rings (SSSR count). The number of hydrogen-bond donors (Lipinski definition) is 2. The third-order valence-electron chi connectivity index (χ3n) is 5.57. The van der Waals surface area contributed by atoms with Crippen LogP contribution in [0.25, 0.3) is 11.1 Å². The topological polar surface area (TPSA) is 124 Å². The van der Waals surface area contributed by atoms with Gasteiger partial charge in [-0.05, 0) is 71.5 Å². The molecule has 1 heterocycles. The second kappa shape index (κ2) is 10.2. The zero-order valence-electron chi connectivity index (χ0n) is 19.2. The number of aromatic nitrogens is 2. The van der Waals surface area contributed by atoms with Gasteiger partial charge in [0.05, 0.1) is 6.54 Å². The van der Waals surface area contributed by atoms with Gasteiger partial charge < -0.3 is 19.1 Å². The number of hydrogen-bond acceptors (Lipinski definition) is 6. The monoisotopic (exact) mass is 476 g/mol. The lowest BCUT2D eigenvalue weighted by Crippen LogP contribution is -2.17. The molecule has 0 aliphatic heterocycles. The van der Waals surface area contributed by atoms with Crippen molar-refractivity contribution in [2.75, 3.05) is 6.61 Å². The van der Waals surface area contributed by atoms with Crippen LogP contribution in [0.4, 0.5) is 0 Å². The molecule has 0 bridgehead atoms. The first-order chi connectivity index (χ1) is 16.8. The average Bonchev–Trinajstić information content (AvgIpc) is 3.14. The minimum Gasteiger partial charge on any atom is -0.489 e. The molecule has 0 unspecified atom stereocenters. The van der Waals surface area contributed by atoms with Crippen LogP contribution in [0, 0.1) is 13.8 Å². The van der Waals surface area contributed by atoms with Crippen LogP contribution in [0.3, 0.4) is 0 Å². The van der Waals surface area contributed by atoms with Crippen LogP contribution in [0.5, 0.6) is 11.5 Å². The smallest absolute Gasteiger partial charge is 0.440 e. The van der Waals surface area contributed by atoms with Crippen LogP contribution < -0.4 is 20.9 Å². The molecule has 0 saturated heterocycles. The number of carboxylic acid groups (broad SMARTS) is 1. The van der Waals surface area contributed by atoms with Gasteiger partial charge in [0, 0.05) is 0 Å². The van der Waals surface area contributed by atoms with Crippen molar-refractivity contribution in [2.24, 2.45) is 0 Å². The standard InChI is InChI=1S/C26H24N2O7/c1-16-12-21(34-15-24(29)30)10-11-22(16)23-5-3-4-19(17(23)2)14-33-20-8-6-18(7-9-20)13-28-25(31)27-26(32)35-28/h3-12H,13-15H2,1-2H3,(H,29,30)(H,27,31,32). The van der Waals surface area contributed by atoms with Gasteiger partial charge in [0.25, 0.3) is 0 Å². The van der Waals surface area contributed by atoms with E-state index in [-0.39, 0.29) is 13.2 Å². The Balaban J connectivity index is 1.45. The van der Waals surface area contributed by atoms with Crippen LogP contribution >= 0.6 is 0 Å². The van der Waals surface area contributed by atoms with E-state index in [1.165, 1.54) is 0 Å². The zero-order valence-corrected chi connectivity index (χ0v) is 19.2. The summed E-state index contributed by atoms with van der Waals surface area (Å²) < 4.78 is 17.0. The first kappa shape index (κ1) is 23.6. The number of nitrogens with one attached hydrogen (secondary N) is 1. The van der Waals surface area contributed by atoms with Crippen molar-refractivity contribution >= 4 is 5.97 Å². The van der Waals surface area contributed by atoms with Gasteiger partial charge in [-0.2, -0.15) is 0 Å². The highest BCUT2D eigenvalue weighted by atomic mass is 16.5. The summed E-state index contributed by atoms with van der Waals surface area (Å²) in [5.41, 5.74) is 5.35. The number of ether oxygens (including phenoxy) is 2. The van der Waals surface area contributed by atoms with Crippen LogP contribution in [0.15, 0.2) is 74.8 Å². The fraction of sp³-hybridized carbons (Fsp3) is 0.192. The Hall–Kier alpha value is -4.53. The third-order valence-corrected chi connectivity index (χ3v) is 5.57. The second-order valence-electron chi connectivity index (χ2n) is 8.03. The van der Waals surface area contributed by atoms with E-state index in [0.29, 0.717) is 18.1 Å². The highest BCUT2D eigenvalue weighted by Gasteiger charge is 2.11. The van der Waals surface area contributed by atoms with Gasteiger partial charge in [0.2, 0.25) is 0 Å². The maximum absolute atomic E-state index is 11.6. The Morgan fingerprint density at radius 3 is 2.37 bits per heavy atom. The van der Waals surface area contributed by atoms with Gasteiger partial charge in [-0.1, -0.05) is 36.4 Å². The molecule has 3 aromatic carbocycles. The van der Waals surface area contributed by atoms with Crippen LogP contribution in [-0.4, -0.2) is 27.4 Å². The molecule has 0 saturated carbocycles. The molecule has 35 heavy (non-hydrogen) atoms. The van der Waals surface area contributed by atoms with Crippen LogP contribution in [0.2, 0.25) is 0 Å². The fourth-order valence-corrected chi connectivity index (χ4v) is 3.74. The molecule has 0 atom stereocenters. The van der Waals surface area contributed by atoms with E-state index >= 15 is 0 Å². The number of rotatable bonds is 9. The number of nitrogens with zero attached hydrogens (tertiary/aromatic N) is 1. The van der Waals surface area contributed by atoms with Crippen molar-refractivity contribution in [3.8, 4) is 22.6 Å². The predicted octanol–water partition coefficient (Wildman–Crippen LogP) is 3.50. The third kappa shape index (κ3) is 5.70. The number of H-pyrrole nitrogens is 1. The number of aromatic amines is 1. The molecule has 0 amide bonds. The Labute approximate surface area is 200 Å². The maximum atomic E-state index is 11.6. The molecule has 180 valence electrons. The molecule has 1 aromatic heterocycles.